The van der Waals surface area contributed by atoms with Crippen LogP contribution < -0.4 is 50.9 Å². The molecule has 0 aromatic heterocycles. The van der Waals surface area contributed by atoms with E-state index in [0.717, 1.165) is 0 Å². The fraction of sp³-hybridized carbons (Fsp3) is 0. The van der Waals surface area contributed by atoms with Crippen LogP contribution in [0.4, 0.5) is 0 Å². The molecule has 32 valence electrons. The Balaban J connectivity index is 0. The van der Waals surface area contributed by atoms with E-state index < -0.39 is 0 Å². The predicted molar refractivity (Wildman–Crippen MR) is 0 cm³/mol. The van der Waals surface area contributed by atoms with Gasteiger partial charge in [-0.2, -0.15) is 0 Å². The molecule has 4 heteroatoms. The van der Waals surface area contributed by atoms with Crippen LogP contribution in [0, 0.1) is 0 Å². The molecule has 0 atom stereocenters. The van der Waals surface area contributed by atoms with Crippen molar-refractivity contribution in [3.8, 4) is 0 Å². The van der Waals surface area contributed by atoms with Crippen molar-refractivity contribution in [2.24, 2.45) is 0 Å². The van der Waals surface area contributed by atoms with Crippen LogP contribution in [0.15, 0.2) is 0 Å². The van der Waals surface area contributed by atoms with Gasteiger partial charge < -0.3 is 50.9 Å². The summed E-state index contributed by atoms with van der Waals surface area (Å²) >= 11 is 0. The molecule has 0 N–H and O–H groups in total. The van der Waals surface area contributed by atoms with Gasteiger partial charge in [0.25, 0.3) is 0 Å². The van der Waals surface area contributed by atoms with Crippen LogP contribution in [0.25, 0.3) is 0 Å². The van der Waals surface area contributed by atoms with Crippen molar-refractivity contribution >= 4 is 0 Å². The van der Waals surface area contributed by atoms with Gasteiger partial charge in [-0.3, -0.25) is 0 Å². The number of hydrogen-bond acceptors (Lipinski definition) is 0. The quantitative estimate of drug-likeness (QED) is 0.390. The zero-order valence-corrected chi connectivity index (χ0v) is 7.35. The molecular formula is Br3Fe-3. The van der Waals surface area contributed by atoms with Crippen molar-refractivity contribution < 1.29 is 68.0 Å². The fourth-order valence-corrected chi connectivity index (χ4v) is 0. The van der Waals surface area contributed by atoms with Crippen molar-refractivity contribution in [2.45, 2.75) is 0 Å². The maximum absolute atomic E-state index is 0. The van der Waals surface area contributed by atoms with Gasteiger partial charge in [0.1, 0.15) is 0 Å². The Labute approximate surface area is 67.5 Å². The predicted octanol–water partition coefficient (Wildman–Crippen LogP) is -8.99. The third kappa shape index (κ3) is 9.03. The SMILES string of the molecule is [Br-].[Br-].[Br-].[Fe]. The summed E-state index contributed by atoms with van der Waals surface area (Å²) in [5.74, 6) is 0. The molecule has 0 fully saturated rings. The minimum atomic E-state index is 0. The Bertz CT molecular complexity index is 3.25. The zero-order valence-electron chi connectivity index (χ0n) is 1.49. The summed E-state index contributed by atoms with van der Waals surface area (Å²) in [6.07, 6.45) is 0. The van der Waals surface area contributed by atoms with Crippen molar-refractivity contribution in [3.63, 3.8) is 0 Å². The van der Waals surface area contributed by atoms with Gasteiger partial charge in [-0.1, -0.05) is 0 Å². The number of halogens is 3. The van der Waals surface area contributed by atoms with Crippen molar-refractivity contribution in [1.82, 2.24) is 0 Å². The molecule has 0 radical (unpaired) electrons. The number of rotatable bonds is 0. The van der Waals surface area contributed by atoms with Gasteiger partial charge >= 0.3 is 0 Å². The molecular weight excluding hydrogens is 296 g/mol. The second-order valence-corrected chi connectivity index (χ2v) is 0. The van der Waals surface area contributed by atoms with Crippen LogP contribution in [0.2, 0.25) is 0 Å². The largest absolute Gasteiger partial charge is 1.00 e. The molecule has 0 aromatic rings. The molecule has 0 bridgehead atoms. The van der Waals surface area contributed by atoms with E-state index in [1.807, 2.05) is 0 Å². The summed E-state index contributed by atoms with van der Waals surface area (Å²) in [6, 6.07) is 0. The molecule has 4 heavy (non-hydrogen) atoms. The molecule has 0 rings (SSSR count). The van der Waals surface area contributed by atoms with Gasteiger partial charge in [-0.05, 0) is 0 Å². The average Bonchev–Trinajstić information content (AvgIpc) is 0. The van der Waals surface area contributed by atoms with Crippen LogP contribution in [0.1, 0.15) is 0 Å². The van der Waals surface area contributed by atoms with E-state index in [2.05, 4.69) is 0 Å². The summed E-state index contributed by atoms with van der Waals surface area (Å²) < 4.78 is 0. The minimum Gasteiger partial charge on any atom is -1.00 e. The van der Waals surface area contributed by atoms with Gasteiger partial charge in [-0.15, -0.1) is 0 Å². The monoisotopic (exact) mass is 293 g/mol. The van der Waals surface area contributed by atoms with Crippen LogP contribution in [0.3, 0.4) is 0 Å². The molecule has 0 heterocycles. The third-order valence-electron chi connectivity index (χ3n) is 0. The summed E-state index contributed by atoms with van der Waals surface area (Å²) in [5.41, 5.74) is 0. The Kier molecular flexibility index (Phi) is 193. The molecule has 0 spiro atoms. The van der Waals surface area contributed by atoms with Crippen LogP contribution >= 0.6 is 0 Å². The van der Waals surface area contributed by atoms with Gasteiger partial charge in [0.2, 0.25) is 0 Å². The van der Waals surface area contributed by atoms with Gasteiger partial charge in [0.05, 0.1) is 0 Å². The zero-order chi connectivity index (χ0) is 0. The first-order chi connectivity index (χ1) is 0. The molecule has 0 saturated carbocycles. The molecule has 0 nitrogen and oxygen atoms in total. The van der Waals surface area contributed by atoms with Crippen molar-refractivity contribution in [2.75, 3.05) is 0 Å². The van der Waals surface area contributed by atoms with E-state index in [-0.39, 0.29) is 68.0 Å². The third-order valence-corrected chi connectivity index (χ3v) is 0. The minimum absolute atomic E-state index is 0. The van der Waals surface area contributed by atoms with Gasteiger partial charge in [0.15, 0.2) is 0 Å². The summed E-state index contributed by atoms with van der Waals surface area (Å²) in [6.45, 7) is 0. The first-order valence-corrected chi connectivity index (χ1v) is 0. The van der Waals surface area contributed by atoms with E-state index in [9.17, 15) is 0 Å². The van der Waals surface area contributed by atoms with Crippen molar-refractivity contribution in [1.29, 1.82) is 0 Å². The van der Waals surface area contributed by atoms with E-state index in [1.165, 1.54) is 0 Å². The average molecular weight is 296 g/mol. The van der Waals surface area contributed by atoms with E-state index in [1.54, 1.807) is 0 Å². The first kappa shape index (κ1) is 38.2. The summed E-state index contributed by atoms with van der Waals surface area (Å²) in [7, 11) is 0. The Morgan fingerprint density at radius 1 is 0.500 bits per heavy atom. The van der Waals surface area contributed by atoms with E-state index in [4.69, 9.17) is 0 Å². The summed E-state index contributed by atoms with van der Waals surface area (Å²) in [4.78, 5) is 0. The fourth-order valence-electron chi connectivity index (χ4n) is 0. The molecule has 0 aliphatic carbocycles. The van der Waals surface area contributed by atoms with Gasteiger partial charge in [0, 0.05) is 17.1 Å². The maximum Gasteiger partial charge on any atom is 0 e. The molecule has 0 saturated heterocycles. The Hall–Kier alpha value is 1.96. The first-order valence-electron chi connectivity index (χ1n) is 0. The van der Waals surface area contributed by atoms with Crippen LogP contribution in [-0.2, 0) is 17.1 Å². The van der Waals surface area contributed by atoms with Crippen molar-refractivity contribution in [3.05, 3.63) is 0 Å². The second-order valence-electron chi connectivity index (χ2n) is 0. The van der Waals surface area contributed by atoms with Crippen LogP contribution in [-0.4, -0.2) is 0 Å². The molecule has 0 aliphatic rings. The van der Waals surface area contributed by atoms with E-state index in [0.29, 0.717) is 0 Å². The smallest absolute Gasteiger partial charge is 0 e. The van der Waals surface area contributed by atoms with E-state index >= 15 is 0 Å². The molecule has 0 aromatic carbocycles. The standard InChI is InChI=1S/3BrH.Fe/h3*1H;/p-3. The topological polar surface area (TPSA) is 0 Å². The second kappa shape index (κ2) is 20.3. The Morgan fingerprint density at radius 2 is 0.500 bits per heavy atom. The maximum atomic E-state index is 0. The summed E-state index contributed by atoms with van der Waals surface area (Å²) in [5, 5.41) is 0. The molecule has 0 amide bonds. The Morgan fingerprint density at radius 3 is 0.500 bits per heavy atom. The molecule has 0 aliphatic heterocycles. The van der Waals surface area contributed by atoms with Gasteiger partial charge in [-0.25, -0.2) is 0 Å². The normalized spacial score (nSPS) is 0. The number of hydrogen-bond donors (Lipinski definition) is 0. The molecule has 0 unspecified atom stereocenters. The van der Waals surface area contributed by atoms with Crippen LogP contribution in [0.5, 0.6) is 0 Å².